The molecule has 2 N–H and O–H groups in total. The fourth-order valence-corrected chi connectivity index (χ4v) is 8.19. The monoisotopic (exact) mass is 847 g/mol. The summed E-state index contributed by atoms with van der Waals surface area (Å²) in [6, 6.07) is 10.6. The van der Waals surface area contributed by atoms with E-state index in [0.717, 1.165) is 5.56 Å². The summed E-state index contributed by atoms with van der Waals surface area (Å²) in [5.41, 5.74) is 1.98. The Balaban J connectivity index is 1.01. The van der Waals surface area contributed by atoms with Crippen LogP contribution in [-0.4, -0.2) is 102 Å². The minimum Gasteiger partial charge on any atom is -0.484 e. The van der Waals surface area contributed by atoms with Crippen molar-refractivity contribution in [3.63, 3.8) is 0 Å². The van der Waals surface area contributed by atoms with Crippen LogP contribution in [0.2, 0.25) is 0 Å². The van der Waals surface area contributed by atoms with Crippen molar-refractivity contribution in [3.8, 4) is 5.75 Å². The fourth-order valence-electron chi connectivity index (χ4n) is 7.05. The molecule has 2 fully saturated rings. The molecule has 7 rings (SSSR count). The van der Waals surface area contributed by atoms with Gasteiger partial charge in [-0.25, -0.2) is 21.3 Å². The summed E-state index contributed by atoms with van der Waals surface area (Å²) in [6.07, 6.45) is 1.11. The molecule has 2 aliphatic rings. The van der Waals surface area contributed by atoms with Gasteiger partial charge >= 0.3 is 14.8 Å². The predicted octanol–water partition coefficient (Wildman–Crippen LogP) is 5.51. The van der Waals surface area contributed by atoms with E-state index in [0.29, 0.717) is 35.4 Å². The number of rotatable bonds is 16. The Morgan fingerprint density at radius 1 is 1.07 bits per heavy atom. The van der Waals surface area contributed by atoms with E-state index in [1.54, 1.807) is 23.8 Å². The molecule has 20 nitrogen and oxygen atoms in total. The Bertz CT molecular complexity index is 2390. The molecule has 0 saturated carbocycles. The third kappa shape index (κ3) is 9.41. The number of imidazole rings is 1. The zero-order valence-electron chi connectivity index (χ0n) is 33.6. The highest BCUT2D eigenvalue weighted by Crippen LogP contribution is 2.48. The SMILES string of the molecule is [C-]#[N+]CCOP(OC[C@H]1O[C@@H](n2ccc(=O)n3ccnc23)[C@H](OC(=O)O)[C@@H]1C)O[C@H]1C[C@H](n2nnc3c(NC(=O)COc4ccc(C(C)(C)C)cc4)ccnc32)O[C@@H]1CC. The number of carbonyl (C=O) groups is 2. The van der Waals surface area contributed by atoms with Gasteiger partial charge in [-0.15, -0.1) is 5.10 Å². The highest BCUT2D eigenvalue weighted by Gasteiger charge is 2.47. The summed E-state index contributed by atoms with van der Waals surface area (Å²) in [4.78, 5) is 49.2. The van der Waals surface area contributed by atoms with E-state index < -0.39 is 57.5 Å². The summed E-state index contributed by atoms with van der Waals surface area (Å²) in [6.45, 7) is 17.1. The maximum Gasteiger partial charge on any atom is 0.506 e. The number of hydrogen-bond donors (Lipinski definition) is 2. The molecule has 0 bridgehead atoms. The first-order valence-electron chi connectivity index (χ1n) is 19.4. The number of nitrogens with one attached hydrogen (secondary N) is 1. The highest BCUT2D eigenvalue weighted by atomic mass is 31.2. The van der Waals surface area contributed by atoms with Gasteiger partial charge in [-0.05, 0) is 35.6 Å². The maximum atomic E-state index is 12.9. The largest absolute Gasteiger partial charge is 0.506 e. The first-order chi connectivity index (χ1) is 28.8. The lowest BCUT2D eigenvalue weighted by Gasteiger charge is -2.24. The molecule has 1 aromatic carbocycles. The zero-order valence-corrected chi connectivity index (χ0v) is 34.5. The van der Waals surface area contributed by atoms with Crippen LogP contribution in [0.25, 0.3) is 21.8 Å². The average molecular weight is 848 g/mol. The molecule has 6 heterocycles. The Morgan fingerprint density at radius 2 is 1.87 bits per heavy atom. The van der Waals surface area contributed by atoms with Crippen molar-refractivity contribution >= 4 is 43.3 Å². The van der Waals surface area contributed by atoms with Crippen molar-refractivity contribution < 1.29 is 47.2 Å². The quantitative estimate of drug-likeness (QED) is 0.0542. The molecular weight excluding hydrogens is 801 g/mol. The van der Waals surface area contributed by atoms with E-state index in [1.165, 1.54) is 33.7 Å². The molecule has 2 aliphatic heterocycles. The molecule has 1 unspecified atom stereocenters. The summed E-state index contributed by atoms with van der Waals surface area (Å²) < 4.78 is 46.7. The number of benzene rings is 1. The number of fused-ring (bicyclic) bond motifs is 2. The molecule has 8 atom stereocenters. The number of aromatic nitrogens is 7. The maximum absolute atomic E-state index is 12.9. The number of amides is 1. The smallest absolute Gasteiger partial charge is 0.484 e. The van der Waals surface area contributed by atoms with E-state index in [-0.39, 0.29) is 49.0 Å². The Hall–Kier alpha value is -5.55. The lowest BCUT2D eigenvalue weighted by molar-refractivity contribution is -0.118. The zero-order chi connectivity index (χ0) is 42.6. The Labute approximate surface area is 345 Å². The predicted molar refractivity (Wildman–Crippen MR) is 214 cm³/mol. The van der Waals surface area contributed by atoms with Crippen LogP contribution < -0.4 is 15.6 Å². The van der Waals surface area contributed by atoms with Crippen LogP contribution in [0.4, 0.5) is 10.5 Å². The van der Waals surface area contributed by atoms with Gasteiger partial charge in [0.05, 0.1) is 30.6 Å². The van der Waals surface area contributed by atoms with Crippen LogP contribution in [0.1, 0.15) is 65.5 Å². The standard InChI is InChI=1S/C39H46N9O11P/c1-7-27-28(20-32(56-27)48-35-33(44-45-48)26(12-14-41-35)43-30(49)22-53-25-10-8-24(9-11-25)39(3,4)5)59-60(54-19-16-40-6)55-21-29-23(2)34(58-38(51)52)36(57-29)47-17-13-31(50)46-18-15-42-37(46)47/h8-15,17-18,23,27-29,32,34,36H,7,16,19-22H2,1-5H3,(H,51,52)(H,41,43,49)/t23-,27-,28+,29-,32-,34-,36-,60?/m1/s1. The molecule has 5 aromatic rings. The van der Waals surface area contributed by atoms with Crippen LogP contribution in [0.3, 0.4) is 0 Å². The summed E-state index contributed by atoms with van der Waals surface area (Å²) in [7, 11) is -2.07. The first kappa shape index (κ1) is 42.6. The normalized spacial score (nSPS) is 23.4. The number of nitrogens with zero attached hydrogens (tertiary/aromatic N) is 8. The van der Waals surface area contributed by atoms with Gasteiger partial charge in [-0.3, -0.25) is 18.6 Å². The van der Waals surface area contributed by atoms with Crippen LogP contribution in [-0.2, 0) is 38.0 Å². The van der Waals surface area contributed by atoms with Crippen LogP contribution in [0, 0.1) is 12.5 Å². The van der Waals surface area contributed by atoms with Crippen molar-refractivity contribution in [2.75, 3.05) is 31.7 Å². The molecule has 318 valence electrons. The highest BCUT2D eigenvalue weighted by molar-refractivity contribution is 7.41. The second-order valence-electron chi connectivity index (χ2n) is 15.3. The van der Waals surface area contributed by atoms with Crippen LogP contribution in [0.15, 0.2) is 66.0 Å². The van der Waals surface area contributed by atoms with E-state index in [4.69, 9.17) is 39.1 Å². The third-order valence-corrected chi connectivity index (χ3v) is 11.4. The minimum absolute atomic E-state index is 0.00588. The van der Waals surface area contributed by atoms with E-state index >= 15 is 0 Å². The lowest BCUT2D eigenvalue weighted by atomic mass is 9.87. The molecule has 0 aliphatic carbocycles. The topological polar surface area (TPSA) is 218 Å². The summed E-state index contributed by atoms with van der Waals surface area (Å²) in [5, 5.41) is 21.1. The van der Waals surface area contributed by atoms with Gasteiger partial charge < -0.3 is 47.8 Å². The van der Waals surface area contributed by atoms with Gasteiger partial charge in [0.2, 0.25) is 12.3 Å². The number of carboxylic acid groups (broad SMARTS) is 1. The summed E-state index contributed by atoms with van der Waals surface area (Å²) in [5.74, 6) is -0.0765. The van der Waals surface area contributed by atoms with Gasteiger partial charge in [0.15, 0.2) is 36.3 Å². The first-order valence-corrected chi connectivity index (χ1v) is 20.5. The number of pyridine rings is 1. The molecule has 4 aromatic heterocycles. The lowest BCUT2D eigenvalue weighted by Crippen LogP contribution is -2.31. The van der Waals surface area contributed by atoms with Gasteiger partial charge in [-0.1, -0.05) is 52.0 Å². The molecule has 1 amide bonds. The van der Waals surface area contributed by atoms with Crippen LogP contribution >= 0.6 is 8.60 Å². The number of hydrogen-bond acceptors (Lipinski definition) is 14. The van der Waals surface area contributed by atoms with Gasteiger partial charge in [-0.2, -0.15) is 4.68 Å². The molecule has 2 saturated heterocycles. The molecule has 21 heteroatoms. The Kier molecular flexibility index (Phi) is 13.0. The number of ether oxygens (including phenoxy) is 4. The van der Waals surface area contributed by atoms with E-state index in [1.807, 2.05) is 31.2 Å². The molecule has 60 heavy (non-hydrogen) atoms. The van der Waals surface area contributed by atoms with E-state index in [9.17, 15) is 19.5 Å². The molecular formula is C39H46N9O11P. The number of carbonyl (C=O) groups excluding carboxylic acids is 1. The second kappa shape index (κ2) is 18.4. The van der Waals surface area contributed by atoms with Crippen molar-refractivity contribution in [1.29, 1.82) is 0 Å². The third-order valence-electron chi connectivity index (χ3n) is 10.2. The fraction of sp³-hybridized carbons (Fsp3) is 0.487. The Morgan fingerprint density at radius 3 is 2.60 bits per heavy atom. The van der Waals surface area contributed by atoms with Crippen molar-refractivity contribution in [1.82, 2.24) is 33.9 Å². The average Bonchev–Trinajstić information content (AvgIpc) is 4.03. The van der Waals surface area contributed by atoms with Gasteiger partial charge in [0.1, 0.15) is 12.4 Å². The van der Waals surface area contributed by atoms with Crippen molar-refractivity contribution in [2.24, 2.45) is 5.92 Å². The van der Waals surface area contributed by atoms with Crippen LogP contribution in [0.5, 0.6) is 5.75 Å². The molecule has 0 radical (unpaired) electrons. The van der Waals surface area contributed by atoms with Crippen molar-refractivity contribution in [3.05, 3.63) is 88.5 Å². The van der Waals surface area contributed by atoms with E-state index in [2.05, 4.69) is 51.2 Å². The number of anilines is 1. The minimum atomic E-state index is -2.07. The second-order valence-corrected chi connectivity index (χ2v) is 16.4. The van der Waals surface area contributed by atoms with Crippen molar-refractivity contribution in [2.45, 2.75) is 89.7 Å². The summed E-state index contributed by atoms with van der Waals surface area (Å²) >= 11 is 0. The molecule has 0 spiro atoms. The van der Waals surface area contributed by atoms with Gasteiger partial charge in [0.25, 0.3) is 11.5 Å². The van der Waals surface area contributed by atoms with Gasteiger partial charge in [0, 0.05) is 43.2 Å².